The number of halogens is 2. The smallest absolute Gasteiger partial charge is 0.256 e. The zero-order valence-corrected chi connectivity index (χ0v) is 15.4. The molecule has 0 bridgehead atoms. The Labute approximate surface area is 157 Å². The van der Waals surface area contributed by atoms with Crippen molar-refractivity contribution in [3.05, 3.63) is 63.7 Å². The number of carbonyl (C=O) groups excluding carboxylic acids is 1. The number of amides is 1. The molecule has 1 aromatic carbocycles. The summed E-state index contributed by atoms with van der Waals surface area (Å²) in [5.41, 5.74) is 2.73. The maximum Gasteiger partial charge on any atom is 0.256 e. The van der Waals surface area contributed by atoms with Crippen LogP contribution in [0.3, 0.4) is 0 Å². The monoisotopic (exact) mass is 416 g/mol. The molecule has 0 radical (unpaired) electrons. The SMILES string of the molecule is CC(F)c1nnc(-c2cnc3c(c2)C(=O)N(Cc2cccc(Br)c2)C3)o1. The summed E-state index contributed by atoms with van der Waals surface area (Å²) in [6, 6.07) is 9.49. The molecule has 1 aliphatic heterocycles. The number of hydrogen-bond donors (Lipinski definition) is 0. The van der Waals surface area contributed by atoms with Gasteiger partial charge in [-0.1, -0.05) is 28.1 Å². The molecule has 4 rings (SSSR count). The van der Waals surface area contributed by atoms with Crippen LogP contribution in [0, 0.1) is 0 Å². The molecule has 1 amide bonds. The first-order chi connectivity index (χ1) is 12.5. The van der Waals surface area contributed by atoms with E-state index in [9.17, 15) is 9.18 Å². The van der Waals surface area contributed by atoms with Crippen molar-refractivity contribution in [2.24, 2.45) is 0 Å². The number of carbonyl (C=O) groups is 1. The zero-order valence-electron chi connectivity index (χ0n) is 13.8. The number of rotatable bonds is 4. The Morgan fingerprint density at radius 1 is 1.35 bits per heavy atom. The summed E-state index contributed by atoms with van der Waals surface area (Å²) < 4.78 is 19.5. The van der Waals surface area contributed by atoms with Crippen molar-refractivity contribution < 1.29 is 13.6 Å². The number of benzene rings is 1. The lowest BCUT2D eigenvalue weighted by Crippen LogP contribution is -2.23. The number of nitrogens with zero attached hydrogens (tertiary/aromatic N) is 4. The van der Waals surface area contributed by atoms with E-state index >= 15 is 0 Å². The van der Waals surface area contributed by atoms with E-state index in [2.05, 4.69) is 31.1 Å². The van der Waals surface area contributed by atoms with Gasteiger partial charge in [-0.25, -0.2) is 4.39 Å². The Morgan fingerprint density at radius 2 is 2.19 bits per heavy atom. The van der Waals surface area contributed by atoms with Crippen molar-refractivity contribution in [1.29, 1.82) is 0 Å². The molecule has 26 heavy (non-hydrogen) atoms. The van der Waals surface area contributed by atoms with Gasteiger partial charge in [0.2, 0.25) is 5.89 Å². The van der Waals surface area contributed by atoms with Gasteiger partial charge in [-0.05, 0) is 30.7 Å². The molecule has 0 aliphatic carbocycles. The number of alkyl halides is 1. The van der Waals surface area contributed by atoms with Crippen LogP contribution in [0.5, 0.6) is 0 Å². The molecule has 1 aliphatic rings. The van der Waals surface area contributed by atoms with Gasteiger partial charge in [0.15, 0.2) is 6.17 Å². The zero-order chi connectivity index (χ0) is 18.3. The highest BCUT2D eigenvalue weighted by Crippen LogP contribution is 2.28. The summed E-state index contributed by atoms with van der Waals surface area (Å²) >= 11 is 3.44. The van der Waals surface area contributed by atoms with Crippen molar-refractivity contribution in [2.75, 3.05) is 0 Å². The molecule has 0 spiro atoms. The second kappa shape index (κ2) is 6.60. The van der Waals surface area contributed by atoms with E-state index in [-0.39, 0.29) is 17.7 Å². The molecule has 0 N–H and O–H groups in total. The van der Waals surface area contributed by atoms with Gasteiger partial charge in [0, 0.05) is 17.2 Å². The molecule has 0 saturated heterocycles. The van der Waals surface area contributed by atoms with E-state index in [1.165, 1.54) is 6.92 Å². The second-order valence-corrected chi connectivity index (χ2v) is 6.99. The average Bonchev–Trinajstić information content (AvgIpc) is 3.21. The van der Waals surface area contributed by atoms with Gasteiger partial charge in [-0.3, -0.25) is 9.78 Å². The summed E-state index contributed by atoms with van der Waals surface area (Å²) in [6.07, 6.45) is 0.218. The third kappa shape index (κ3) is 3.12. The highest BCUT2D eigenvalue weighted by atomic mass is 79.9. The Hall–Kier alpha value is -2.61. The number of aromatic nitrogens is 3. The molecule has 0 fully saturated rings. The fourth-order valence-electron chi connectivity index (χ4n) is 2.84. The highest BCUT2D eigenvalue weighted by Gasteiger charge is 2.29. The van der Waals surface area contributed by atoms with Gasteiger partial charge in [-0.15, -0.1) is 10.2 Å². The van der Waals surface area contributed by atoms with Crippen molar-refractivity contribution in [2.45, 2.75) is 26.2 Å². The molecular formula is C18H14BrFN4O2. The minimum Gasteiger partial charge on any atom is -0.417 e. The van der Waals surface area contributed by atoms with Gasteiger partial charge in [0.05, 0.1) is 23.4 Å². The first-order valence-corrected chi connectivity index (χ1v) is 8.81. The third-order valence-electron chi connectivity index (χ3n) is 4.12. The van der Waals surface area contributed by atoms with Crippen molar-refractivity contribution >= 4 is 21.8 Å². The Bertz CT molecular complexity index is 989. The molecule has 8 heteroatoms. The Morgan fingerprint density at radius 3 is 2.92 bits per heavy atom. The normalized spacial score (nSPS) is 14.6. The van der Waals surface area contributed by atoms with Gasteiger partial charge < -0.3 is 9.32 Å². The molecule has 2 aromatic heterocycles. The van der Waals surface area contributed by atoms with E-state index in [1.54, 1.807) is 17.2 Å². The van der Waals surface area contributed by atoms with Crippen LogP contribution in [0.2, 0.25) is 0 Å². The lowest BCUT2D eigenvalue weighted by Gasteiger charge is -2.15. The van der Waals surface area contributed by atoms with E-state index < -0.39 is 6.17 Å². The van der Waals surface area contributed by atoms with Gasteiger partial charge in [0.1, 0.15) is 0 Å². The standard InChI is InChI=1S/C18H14BrFN4O2/c1-10(20)16-22-23-17(26-16)12-6-14-15(21-7-12)9-24(18(14)25)8-11-3-2-4-13(19)5-11/h2-7,10H,8-9H2,1H3. The molecule has 132 valence electrons. The third-order valence-corrected chi connectivity index (χ3v) is 4.61. The molecule has 3 aromatic rings. The van der Waals surface area contributed by atoms with E-state index in [0.29, 0.717) is 29.9 Å². The van der Waals surface area contributed by atoms with E-state index in [4.69, 9.17) is 4.42 Å². The topological polar surface area (TPSA) is 72.1 Å². The average molecular weight is 417 g/mol. The van der Waals surface area contributed by atoms with E-state index in [0.717, 1.165) is 10.0 Å². The number of hydrogen-bond acceptors (Lipinski definition) is 5. The summed E-state index contributed by atoms with van der Waals surface area (Å²) in [5.74, 6) is -0.0472. The van der Waals surface area contributed by atoms with Crippen LogP contribution < -0.4 is 0 Å². The number of fused-ring (bicyclic) bond motifs is 1. The fourth-order valence-corrected chi connectivity index (χ4v) is 3.29. The molecule has 6 nitrogen and oxygen atoms in total. The molecule has 0 saturated carbocycles. The van der Waals surface area contributed by atoms with Crippen molar-refractivity contribution in [3.63, 3.8) is 0 Å². The van der Waals surface area contributed by atoms with Gasteiger partial charge in [-0.2, -0.15) is 0 Å². The van der Waals surface area contributed by atoms with Crippen LogP contribution in [-0.4, -0.2) is 26.0 Å². The first-order valence-electron chi connectivity index (χ1n) is 8.02. The van der Waals surface area contributed by atoms with Crippen LogP contribution in [0.15, 0.2) is 45.4 Å². The van der Waals surface area contributed by atoms with Gasteiger partial charge in [0.25, 0.3) is 11.8 Å². The van der Waals surface area contributed by atoms with Crippen molar-refractivity contribution in [1.82, 2.24) is 20.1 Å². The largest absolute Gasteiger partial charge is 0.417 e. The maximum absolute atomic E-state index is 13.3. The van der Waals surface area contributed by atoms with Crippen LogP contribution >= 0.6 is 15.9 Å². The molecular weight excluding hydrogens is 403 g/mol. The summed E-state index contributed by atoms with van der Waals surface area (Å²) in [5, 5.41) is 7.49. The molecule has 3 heterocycles. The minimum absolute atomic E-state index is 0.0943. The molecule has 1 atom stereocenters. The Kier molecular flexibility index (Phi) is 4.28. The predicted molar refractivity (Wildman–Crippen MR) is 94.8 cm³/mol. The van der Waals surface area contributed by atoms with E-state index in [1.807, 2.05) is 24.3 Å². The summed E-state index contributed by atoms with van der Waals surface area (Å²) in [7, 11) is 0. The van der Waals surface area contributed by atoms with Gasteiger partial charge >= 0.3 is 0 Å². The van der Waals surface area contributed by atoms with Crippen molar-refractivity contribution in [3.8, 4) is 11.5 Å². The van der Waals surface area contributed by atoms with Crippen LogP contribution in [0.1, 0.15) is 40.6 Å². The highest BCUT2D eigenvalue weighted by molar-refractivity contribution is 9.10. The second-order valence-electron chi connectivity index (χ2n) is 6.07. The summed E-state index contributed by atoms with van der Waals surface area (Å²) in [6.45, 7) is 2.26. The first kappa shape index (κ1) is 16.8. The Balaban J connectivity index is 1.58. The molecule has 1 unspecified atom stereocenters. The minimum atomic E-state index is -1.35. The van der Waals surface area contributed by atoms with Crippen LogP contribution in [0.25, 0.3) is 11.5 Å². The predicted octanol–water partition coefficient (Wildman–Crippen LogP) is 4.08. The fraction of sp³-hybridized carbons (Fsp3) is 0.222. The lowest BCUT2D eigenvalue weighted by atomic mass is 10.1. The summed E-state index contributed by atoms with van der Waals surface area (Å²) in [4.78, 5) is 18.8. The van der Waals surface area contributed by atoms with Crippen LogP contribution in [-0.2, 0) is 13.1 Å². The maximum atomic E-state index is 13.3. The lowest BCUT2D eigenvalue weighted by molar-refractivity contribution is 0.0766. The quantitative estimate of drug-likeness (QED) is 0.640. The number of pyridine rings is 1. The van der Waals surface area contributed by atoms with Crippen LogP contribution in [0.4, 0.5) is 4.39 Å².